The number of phenols is 1. The quantitative estimate of drug-likeness (QED) is 0.903. The summed E-state index contributed by atoms with van der Waals surface area (Å²) in [5.41, 5.74) is 0.680. The standard InChI is InChI=1S/C14H13FO3/c1-17-13-4-2-3-5-14(13)18-9-10-6-7-11(15)12(16)8-10/h2-8,16H,9H2,1H3. The zero-order valence-electron chi connectivity index (χ0n) is 9.89. The SMILES string of the molecule is COc1ccccc1OCc1ccc(F)c(O)c1. The normalized spacial score (nSPS) is 10.1. The van der Waals surface area contributed by atoms with Gasteiger partial charge in [0.15, 0.2) is 23.1 Å². The van der Waals surface area contributed by atoms with Crippen LogP contribution in [0.15, 0.2) is 42.5 Å². The second-order valence-corrected chi connectivity index (χ2v) is 3.73. The number of para-hydroxylation sites is 2. The van der Waals surface area contributed by atoms with Crippen molar-refractivity contribution in [3.63, 3.8) is 0 Å². The molecule has 0 fully saturated rings. The average molecular weight is 248 g/mol. The van der Waals surface area contributed by atoms with Crippen LogP contribution in [0.2, 0.25) is 0 Å². The van der Waals surface area contributed by atoms with Crippen molar-refractivity contribution >= 4 is 0 Å². The largest absolute Gasteiger partial charge is 0.505 e. The highest BCUT2D eigenvalue weighted by Gasteiger charge is 2.05. The van der Waals surface area contributed by atoms with Crippen LogP contribution in [-0.2, 0) is 6.61 Å². The van der Waals surface area contributed by atoms with Crippen LogP contribution in [0.3, 0.4) is 0 Å². The van der Waals surface area contributed by atoms with Crippen LogP contribution in [0.1, 0.15) is 5.56 Å². The Morgan fingerprint density at radius 2 is 1.83 bits per heavy atom. The Kier molecular flexibility index (Phi) is 3.67. The fourth-order valence-electron chi connectivity index (χ4n) is 1.55. The molecule has 0 aliphatic carbocycles. The molecular weight excluding hydrogens is 235 g/mol. The van der Waals surface area contributed by atoms with Gasteiger partial charge in [-0.3, -0.25) is 0 Å². The van der Waals surface area contributed by atoms with E-state index in [1.54, 1.807) is 25.3 Å². The minimum atomic E-state index is -0.643. The number of benzene rings is 2. The average Bonchev–Trinajstić information content (AvgIpc) is 2.40. The van der Waals surface area contributed by atoms with Gasteiger partial charge in [0.1, 0.15) is 6.61 Å². The van der Waals surface area contributed by atoms with E-state index in [-0.39, 0.29) is 12.4 Å². The van der Waals surface area contributed by atoms with E-state index in [4.69, 9.17) is 9.47 Å². The van der Waals surface area contributed by atoms with Gasteiger partial charge in [-0.1, -0.05) is 18.2 Å². The van der Waals surface area contributed by atoms with Gasteiger partial charge in [-0.05, 0) is 29.8 Å². The van der Waals surface area contributed by atoms with Gasteiger partial charge in [0.05, 0.1) is 7.11 Å². The summed E-state index contributed by atoms with van der Waals surface area (Å²) in [5, 5.41) is 9.24. The summed E-state index contributed by atoms with van der Waals surface area (Å²) in [6.45, 7) is 0.230. The first-order valence-corrected chi connectivity index (χ1v) is 5.44. The third-order valence-electron chi connectivity index (χ3n) is 2.47. The minimum absolute atomic E-state index is 0.230. The molecule has 0 bridgehead atoms. The summed E-state index contributed by atoms with van der Waals surface area (Å²) in [4.78, 5) is 0. The van der Waals surface area contributed by atoms with Gasteiger partial charge in [-0.25, -0.2) is 4.39 Å². The van der Waals surface area contributed by atoms with E-state index in [0.29, 0.717) is 17.1 Å². The number of aromatic hydroxyl groups is 1. The lowest BCUT2D eigenvalue weighted by Crippen LogP contribution is -1.97. The molecule has 0 saturated carbocycles. The van der Waals surface area contributed by atoms with Crippen molar-refractivity contribution in [1.29, 1.82) is 0 Å². The molecule has 0 aromatic heterocycles. The Balaban J connectivity index is 2.09. The smallest absolute Gasteiger partial charge is 0.164 e. The van der Waals surface area contributed by atoms with E-state index in [2.05, 4.69) is 0 Å². The molecule has 2 aromatic rings. The molecule has 0 aliphatic heterocycles. The monoisotopic (exact) mass is 248 g/mol. The molecule has 0 spiro atoms. The molecule has 0 aliphatic rings. The highest BCUT2D eigenvalue weighted by Crippen LogP contribution is 2.27. The summed E-state index contributed by atoms with van der Waals surface area (Å²) in [7, 11) is 1.56. The first kappa shape index (κ1) is 12.2. The van der Waals surface area contributed by atoms with Crippen molar-refractivity contribution in [2.24, 2.45) is 0 Å². The molecule has 1 N–H and O–H groups in total. The lowest BCUT2D eigenvalue weighted by Gasteiger charge is -2.10. The molecule has 0 saturated heterocycles. The van der Waals surface area contributed by atoms with Gasteiger partial charge in [-0.2, -0.15) is 0 Å². The molecule has 18 heavy (non-hydrogen) atoms. The van der Waals surface area contributed by atoms with Crippen LogP contribution in [0.25, 0.3) is 0 Å². The third-order valence-corrected chi connectivity index (χ3v) is 2.47. The van der Waals surface area contributed by atoms with E-state index in [1.807, 2.05) is 12.1 Å². The first-order chi connectivity index (χ1) is 8.70. The Morgan fingerprint density at radius 3 is 2.50 bits per heavy atom. The van der Waals surface area contributed by atoms with Crippen LogP contribution in [0, 0.1) is 5.82 Å². The van der Waals surface area contributed by atoms with Crippen LogP contribution < -0.4 is 9.47 Å². The van der Waals surface area contributed by atoms with Crippen molar-refractivity contribution in [3.8, 4) is 17.2 Å². The highest BCUT2D eigenvalue weighted by atomic mass is 19.1. The number of halogens is 1. The molecule has 2 rings (SSSR count). The molecule has 94 valence electrons. The van der Waals surface area contributed by atoms with Crippen LogP contribution in [0.4, 0.5) is 4.39 Å². The zero-order valence-corrected chi connectivity index (χ0v) is 9.89. The molecule has 0 amide bonds. The van der Waals surface area contributed by atoms with Gasteiger partial charge in [0.2, 0.25) is 0 Å². The van der Waals surface area contributed by atoms with E-state index in [9.17, 15) is 9.50 Å². The van der Waals surface area contributed by atoms with Gasteiger partial charge >= 0.3 is 0 Å². The molecule has 0 unspecified atom stereocenters. The first-order valence-electron chi connectivity index (χ1n) is 5.44. The predicted molar refractivity (Wildman–Crippen MR) is 65.4 cm³/mol. The lowest BCUT2D eigenvalue weighted by molar-refractivity contribution is 0.283. The number of hydrogen-bond donors (Lipinski definition) is 1. The number of hydrogen-bond acceptors (Lipinski definition) is 3. The summed E-state index contributed by atoms with van der Waals surface area (Å²) in [5.74, 6) is 0.208. The van der Waals surface area contributed by atoms with Crippen LogP contribution in [0.5, 0.6) is 17.2 Å². The summed E-state index contributed by atoms with van der Waals surface area (Å²) < 4.78 is 23.6. The van der Waals surface area contributed by atoms with E-state index in [0.717, 1.165) is 0 Å². The second kappa shape index (κ2) is 5.40. The van der Waals surface area contributed by atoms with Gasteiger partial charge in [0, 0.05) is 0 Å². The Morgan fingerprint density at radius 1 is 1.11 bits per heavy atom. The van der Waals surface area contributed by atoms with E-state index in [1.165, 1.54) is 12.1 Å². The van der Waals surface area contributed by atoms with E-state index < -0.39 is 5.82 Å². The maximum atomic E-state index is 12.9. The van der Waals surface area contributed by atoms with Crippen molar-refractivity contribution in [2.75, 3.05) is 7.11 Å². The minimum Gasteiger partial charge on any atom is -0.505 e. The van der Waals surface area contributed by atoms with Crippen molar-refractivity contribution in [3.05, 3.63) is 53.8 Å². The lowest BCUT2D eigenvalue weighted by atomic mass is 10.2. The second-order valence-electron chi connectivity index (χ2n) is 3.73. The molecule has 2 aromatic carbocycles. The molecule has 0 radical (unpaired) electrons. The maximum absolute atomic E-state index is 12.9. The summed E-state index contributed by atoms with van der Waals surface area (Å²) in [6, 6.07) is 11.3. The van der Waals surface area contributed by atoms with Gasteiger partial charge in [-0.15, -0.1) is 0 Å². The molecule has 4 heteroatoms. The van der Waals surface area contributed by atoms with Crippen molar-refractivity contribution < 1.29 is 19.0 Å². The predicted octanol–water partition coefficient (Wildman–Crippen LogP) is 3.12. The highest BCUT2D eigenvalue weighted by molar-refractivity contribution is 5.39. The molecular formula is C14H13FO3. The van der Waals surface area contributed by atoms with Crippen molar-refractivity contribution in [2.45, 2.75) is 6.61 Å². The summed E-state index contributed by atoms with van der Waals surface area (Å²) in [6.07, 6.45) is 0. The van der Waals surface area contributed by atoms with Crippen LogP contribution in [-0.4, -0.2) is 12.2 Å². The van der Waals surface area contributed by atoms with Gasteiger partial charge in [0.25, 0.3) is 0 Å². The van der Waals surface area contributed by atoms with Gasteiger partial charge < -0.3 is 14.6 Å². The summed E-state index contributed by atoms with van der Waals surface area (Å²) >= 11 is 0. The molecule has 0 atom stereocenters. The topological polar surface area (TPSA) is 38.7 Å². The Hall–Kier alpha value is -2.23. The maximum Gasteiger partial charge on any atom is 0.164 e. The van der Waals surface area contributed by atoms with Crippen molar-refractivity contribution in [1.82, 2.24) is 0 Å². The van der Waals surface area contributed by atoms with Crippen LogP contribution >= 0.6 is 0 Å². The number of rotatable bonds is 4. The number of ether oxygens (including phenoxy) is 2. The number of phenolic OH excluding ortho intramolecular Hbond substituents is 1. The Labute approximate surface area is 104 Å². The fraction of sp³-hybridized carbons (Fsp3) is 0.143. The van der Waals surface area contributed by atoms with E-state index >= 15 is 0 Å². The fourth-order valence-corrected chi connectivity index (χ4v) is 1.55. The Bertz CT molecular complexity index is 540. The molecule has 3 nitrogen and oxygen atoms in total. The zero-order chi connectivity index (χ0) is 13.0. The number of methoxy groups -OCH3 is 1. The molecule has 0 heterocycles. The third kappa shape index (κ3) is 2.71.